The second-order valence-corrected chi connectivity index (χ2v) is 4.08. The highest BCUT2D eigenvalue weighted by Gasteiger charge is 2.21. The van der Waals surface area contributed by atoms with Gasteiger partial charge >= 0.3 is 5.97 Å². The first kappa shape index (κ1) is 12.6. The number of nitrogens with zero attached hydrogens (tertiary/aromatic N) is 2. The lowest BCUT2D eigenvalue weighted by atomic mass is 10.2. The zero-order chi connectivity index (χ0) is 13.1. The van der Waals surface area contributed by atoms with Gasteiger partial charge in [0.2, 0.25) is 0 Å². The molecule has 4 nitrogen and oxygen atoms in total. The lowest BCUT2D eigenvalue weighted by Gasteiger charge is -2.03. The largest absolute Gasteiger partial charge is 0.462 e. The summed E-state index contributed by atoms with van der Waals surface area (Å²) in [6.45, 7) is 3.80. The molecule has 1 aromatic carbocycles. The Hall–Kier alpha value is -1.81. The highest BCUT2D eigenvalue weighted by atomic mass is 35.5. The van der Waals surface area contributed by atoms with Crippen LogP contribution in [0.2, 0.25) is 5.15 Å². The molecular formula is C13H13ClN2O2. The summed E-state index contributed by atoms with van der Waals surface area (Å²) in [6, 6.07) is 9.40. The Morgan fingerprint density at radius 3 is 2.67 bits per heavy atom. The summed E-state index contributed by atoms with van der Waals surface area (Å²) in [7, 11) is 0. The van der Waals surface area contributed by atoms with Crippen molar-refractivity contribution in [3.8, 4) is 5.69 Å². The Bertz CT molecular complexity index is 564. The average Bonchev–Trinajstić information content (AvgIpc) is 2.66. The van der Waals surface area contributed by atoms with Crippen molar-refractivity contribution in [2.24, 2.45) is 0 Å². The molecule has 94 valence electrons. The molecule has 0 fully saturated rings. The average molecular weight is 265 g/mol. The highest BCUT2D eigenvalue weighted by Crippen LogP contribution is 2.24. The van der Waals surface area contributed by atoms with Crippen molar-refractivity contribution >= 4 is 17.6 Å². The monoisotopic (exact) mass is 264 g/mol. The summed E-state index contributed by atoms with van der Waals surface area (Å²) in [4.78, 5) is 11.8. The molecule has 0 N–H and O–H groups in total. The second kappa shape index (κ2) is 5.23. The van der Waals surface area contributed by atoms with E-state index in [1.54, 1.807) is 13.8 Å². The Morgan fingerprint density at radius 2 is 2.06 bits per heavy atom. The molecule has 0 atom stereocenters. The molecule has 2 rings (SSSR count). The highest BCUT2D eigenvalue weighted by molar-refractivity contribution is 6.33. The van der Waals surface area contributed by atoms with Crippen LogP contribution < -0.4 is 0 Å². The zero-order valence-electron chi connectivity index (χ0n) is 10.2. The Labute approximate surface area is 110 Å². The zero-order valence-corrected chi connectivity index (χ0v) is 10.9. The van der Waals surface area contributed by atoms with E-state index in [-0.39, 0.29) is 5.15 Å². The SMILES string of the molecule is CCOC(=O)c1c(C)nn(-c2ccccc2)c1Cl. The van der Waals surface area contributed by atoms with Crippen LogP contribution >= 0.6 is 11.6 Å². The molecule has 0 aliphatic rings. The molecule has 0 spiro atoms. The molecule has 0 saturated carbocycles. The molecule has 5 heteroatoms. The normalized spacial score (nSPS) is 10.4. The van der Waals surface area contributed by atoms with Crippen LogP contribution in [0, 0.1) is 6.92 Å². The van der Waals surface area contributed by atoms with E-state index in [2.05, 4.69) is 5.10 Å². The van der Waals surface area contributed by atoms with Crippen molar-refractivity contribution in [1.82, 2.24) is 9.78 Å². The number of esters is 1. The molecule has 0 unspecified atom stereocenters. The minimum absolute atomic E-state index is 0.275. The smallest absolute Gasteiger partial charge is 0.343 e. The third-order valence-corrected chi connectivity index (χ3v) is 2.83. The Kier molecular flexibility index (Phi) is 3.67. The predicted molar refractivity (Wildman–Crippen MR) is 69.3 cm³/mol. The third kappa shape index (κ3) is 2.24. The molecule has 1 aromatic heterocycles. The van der Waals surface area contributed by atoms with Gasteiger partial charge in [0.15, 0.2) is 0 Å². The molecule has 0 amide bonds. The van der Waals surface area contributed by atoms with E-state index >= 15 is 0 Å². The molecule has 0 saturated heterocycles. The number of carbonyl (C=O) groups is 1. The van der Waals surface area contributed by atoms with Crippen molar-refractivity contribution in [2.75, 3.05) is 6.61 Å². The maximum atomic E-state index is 11.8. The van der Waals surface area contributed by atoms with Gasteiger partial charge < -0.3 is 4.74 Å². The fraction of sp³-hybridized carbons (Fsp3) is 0.231. The summed E-state index contributed by atoms with van der Waals surface area (Å²) >= 11 is 6.19. The summed E-state index contributed by atoms with van der Waals surface area (Å²) in [6.07, 6.45) is 0. The fourth-order valence-corrected chi connectivity index (χ4v) is 2.02. The van der Waals surface area contributed by atoms with Crippen LogP contribution in [0.15, 0.2) is 30.3 Å². The van der Waals surface area contributed by atoms with Gasteiger partial charge in [-0.05, 0) is 26.0 Å². The summed E-state index contributed by atoms with van der Waals surface area (Å²) in [5, 5.41) is 4.54. The van der Waals surface area contributed by atoms with E-state index in [1.807, 2.05) is 30.3 Å². The molecule has 0 radical (unpaired) electrons. The van der Waals surface area contributed by atoms with Crippen molar-refractivity contribution in [1.29, 1.82) is 0 Å². The van der Waals surface area contributed by atoms with Crippen LogP contribution in [-0.4, -0.2) is 22.4 Å². The summed E-state index contributed by atoms with van der Waals surface area (Å²) in [5.41, 5.74) is 1.69. The third-order valence-electron chi connectivity index (χ3n) is 2.48. The lowest BCUT2D eigenvalue weighted by molar-refractivity contribution is 0.0526. The second-order valence-electron chi connectivity index (χ2n) is 3.72. The van der Waals surface area contributed by atoms with Crippen molar-refractivity contribution in [3.63, 3.8) is 0 Å². The number of benzene rings is 1. The first-order valence-corrected chi connectivity index (χ1v) is 6.00. The van der Waals surface area contributed by atoms with Gasteiger partial charge in [0.1, 0.15) is 10.7 Å². The minimum atomic E-state index is -0.442. The number of aryl methyl sites for hydroxylation is 1. The van der Waals surface area contributed by atoms with Crippen LogP contribution in [0.5, 0.6) is 0 Å². The van der Waals surface area contributed by atoms with E-state index in [0.29, 0.717) is 17.9 Å². The number of carbonyl (C=O) groups excluding carboxylic acids is 1. The fourth-order valence-electron chi connectivity index (χ4n) is 1.67. The molecule has 0 aliphatic carbocycles. The number of rotatable bonds is 3. The van der Waals surface area contributed by atoms with Gasteiger partial charge in [-0.15, -0.1) is 0 Å². The maximum Gasteiger partial charge on any atom is 0.343 e. The van der Waals surface area contributed by atoms with E-state index in [0.717, 1.165) is 5.69 Å². The Morgan fingerprint density at radius 1 is 1.39 bits per heavy atom. The van der Waals surface area contributed by atoms with Crippen LogP contribution in [0.1, 0.15) is 23.0 Å². The van der Waals surface area contributed by atoms with Gasteiger partial charge in [0.25, 0.3) is 0 Å². The van der Waals surface area contributed by atoms with Crippen LogP contribution in [0.4, 0.5) is 0 Å². The van der Waals surface area contributed by atoms with Crippen LogP contribution in [-0.2, 0) is 4.74 Å². The van der Waals surface area contributed by atoms with Gasteiger partial charge in [0.05, 0.1) is 18.0 Å². The van der Waals surface area contributed by atoms with Crippen LogP contribution in [0.25, 0.3) is 5.69 Å². The standard InChI is InChI=1S/C13H13ClN2O2/c1-3-18-13(17)11-9(2)15-16(12(11)14)10-7-5-4-6-8-10/h4-8H,3H2,1-2H3. The van der Waals surface area contributed by atoms with E-state index in [4.69, 9.17) is 16.3 Å². The lowest BCUT2D eigenvalue weighted by Crippen LogP contribution is -2.06. The quantitative estimate of drug-likeness (QED) is 0.801. The molecule has 2 aromatic rings. The van der Waals surface area contributed by atoms with Crippen molar-refractivity contribution in [3.05, 3.63) is 46.7 Å². The first-order valence-electron chi connectivity index (χ1n) is 5.62. The molecule has 0 bridgehead atoms. The van der Waals surface area contributed by atoms with Gasteiger partial charge in [-0.2, -0.15) is 5.10 Å². The number of ether oxygens (including phenoxy) is 1. The topological polar surface area (TPSA) is 44.1 Å². The maximum absolute atomic E-state index is 11.8. The molecule has 0 aliphatic heterocycles. The van der Waals surface area contributed by atoms with Crippen LogP contribution in [0.3, 0.4) is 0 Å². The molecule has 18 heavy (non-hydrogen) atoms. The van der Waals surface area contributed by atoms with Gasteiger partial charge in [0, 0.05) is 0 Å². The number of hydrogen-bond acceptors (Lipinski definition) is 3. The summed E-state index contributed by atoms with van der Waals surface area (Å²) < 4.78 is 6.49. The predicted octanol–water partition coefficient (Wildman–Crippen LogP) is 3.01. The molecule has 1 heterocycles. The van der Waals surface area contributed by atoms with Crippen molar-refractivity contribution < 1.29 is 9.53 Å². The summed E-state index contributed by atoms with van der Waals surface area (Å²) in [5.74, 6) is -0.442. The van der Waals surface area contributed by atoms with Gasteiger partial charge in [-0.1, -0.05) is 29.8 Å². The number of aromatic nitrogens is 2. The first-order chi connectivity index (χ1) is 8.65. The number of hydrogen-bond donors (Lipinski definition) is 0. The van der Waals surface area contributed by atoms with E-state index in [9.17, 15) is 4.79 Å². The number of para-hydroxylation sites is 1. The van der Waals surface area contributed by atoms with E-state index < -0.39 is 5.97 Å². The van der Waals surface area contributed by atoms with Gasteiger partial charge in [-0.25, -0.2) is 9.48 Å². The van der Waals surface area contributed by atoms with E-state index in [1.165, 1.54) is 4.68 Å². The Balaban J connectivity index is 2.47. The number of halogens is 1. The molecular weight excluding hydrogens is 252 g/mol. The van der Waals surface area contributed by atoms with Gasteiger partial charge in [-0.3, -0.25) is 0 Å². The van der Waals surface area contributed by atoms with Crippen molar-refractivity contribution in [2.45, 2.75) is 13.8 Å². The minimum Gasteiger partial charge on any atom is -0.462 e.